The molecule has 0 aromatic heterocycles. The van der Waals surface area contributed by atoms with Crippen molar-refractivity contribution in [2.45, 2.75) is 63.8 Å². The summed E-state index contributed by atoms with van der Waals surface area (Å²) in [5, 5.41) is 0. The summed E-state index contributed by atoms with van der Waals surface area (Å²) in [5.41, 5.74) is 6.60. The quantitative estimate of drug-likeness (QED) is 0.659. The topological polar surface area (TPSA) is 97.7 Å². The molecule has 2 aliphatic rings. The summed E-state index contributed by atoms with van der Waals surface area (Å²) in [6.45, 7) is 9.58. The molecule has 2 heterocycles. The molecule has 0 bridgehead atoms. The van der Waals surface area contributed by atoms with E-state index in [1.807, 2.05) is 26.0 Å². The van der Waals surface area contributed by atoms with Crippen LogP contribution in [-0.2, 0) is 21.2 Å². The van der Waals surface area contributed by atoms with Crippen LogP contribution in [0.5, 0.6) is 0 Å². The van der Waals surface area contributed by atoms with Gasteiger partial charge in [-0.05, 0) is 62.1 Å². The van der Waals surface area contributed by atoms with Crippen molar-refractivity contribution in [3.05, 3.63) is 29.8 Å². The average molecular weight is 436 g/mol. The van der Waals surface area contributed by atoms with E-state index in [1.165, 1.54) is 0 Å². The normalized spacial score (nSPS) is 24.0. The minimum absolute atomic E-state index is 0.0137. The van der Waals surface area contributed by atoms with E-state index < -0.39 is 15.6 Å². The number of aryl methyl sites for hydroxylation is 1. The van der Waals surface area contributed by atoms with Gasteiger partial charge in [-0.2, -0.15) is 9.21 Å². The van der Waals surface area contributed by atoms with Crippen molar-refractivity contribution in [3.63, 3.8) is 0 Å². The smallest absolute Gasteiger partial charge is 0.290 e. The standard InChI is InChI=1S/C22H34N4O3S/c1-5-17-6-8-19(9-7-17)30(28,29)25-12-10-18(11-13-25)15-26-20(27)22(4,14-16(2)3)24-21(26)23/h6-9,16,18H,5,10-15H2,1-4H3,(H2,23,24)/p+1. The van der Waals surface area contributed by atoms with Crippen LogP contribution in [0.4, 0.5) is 0 Å². The highest BCUT2D eigenvalue weighted by molar-refractivity contribution is 7.89. The van der Waals surface area contributed by atoms with Crippen LogP contribution in [0.3, 0.4) is 0 Å². The molecule has 7 nitrogen and oxygen atoms in total. The molecule has 2 aliphatic heterocycles. The first kappa shape index (κ1) is 22.7. The molecule has 1 saturated heterocycles. The Kier molecular flexibility index (Phi) is 6.57. The third-order valence-corrected chi connectivity index (χ3v) is 8.12. The summed E-state index contributed by atoms with van der Waals surface area (Å²) >= 11 is 0. The second-order valence-electron chi connectivity index (χ2n) is 9.20. The summed E-state index contributed by atoms with van der Waals surface area (Å²) in [4.78, 5) is 18.1. The summed E-state index contributed by atoms with van der Waals surface area (Å²) in [5.74, 6) is 1.03. The van der Waals surface area contributed by atoms with E-state index in [1.54, 1.807) is 21.3 Å². The van der Waals surface area contributed by atoms with Gasteiger partial charge in [-0.3, -0.25) is 15.5 Å². The molecule has 0 spiro atoms. The fourth-order valence-corrected chi connectivity index (χ4v) is 6.05. The Balaban J connectivity index is 1.60. The van der Waals surface area contributed by atoms with Crippen molar-refractivity contribution in [1.82, 2.24) is 9.21 Å². The van der Waals surface area contributed by atoms with Crippen LogP contribution in [0.25, 0.3) is 0 Å². The van der Waals surface area contributed by atoms with Gasteiger partial charge in [-0.25, -0.2) is 8.42 Å². The van der Waals surface area contributed by atoms with Gasteiger partial charge in [0.1, 0.15) is 0 Å². The fourth-order valence-electron chi connectivity index (χ4n) is 4.58. The molecule has 8 heteroatoms. The van der Waals surface area contributed by atoms with Gasteiger partial charge in [0.25, 0.3) is 0 Å². The molecular formula is C22H35N4O3S+. The van der Waals surface area contributed by atoms with E-state index >= 15 is 0 Å². The lowest BCUT2D eigenvalue weighted by atomic mass is 9.90. The summed E-state index contributed by atoms with van der Waals surface area (Å²) in [7, 11) is -3.48. The molecule has 1 aromatic rings. The van der Waals surface area contributed by atoms with Crippen LogP contribution in [-0.4, -0.2) is 54.7 Å². The maximum absolute atomic E-state index is 13.0. The molecule has 30 heavy (non-hydrogen) atoms. The van der Waals surface area contributed by atoms with Crippen LogP contribution in [0.1, 0.15) is 52.5 Å². The highest BCUT2D eigenvalue weighted by atomic mass is 32.2. The number of nitrogens with one attached hydrogen (secondary N) is 1. The zero-order chi connectivity index (χ0) is 22.1. The third kappa shape index (κ3) is 4.54. The van der Waals surface area contributed by atoms with Crippen LogP contribution in [0.15, 0.2) is 29.2 Å². The van der Waals surface area contributed by atoms with E-state index in [0.29, 0.717) is 49.2 Å². The lowest BCUT2D eigenvalue weighted by molar-refractivity contribution is -0.527. The maximum Gasteiger partial charge on any atom is 0.351 e. The molecule has 1 atom stereocenters. The van der Waals surface area contributed by atoms with E-state index in [2.05, 4.69) is 18.8 Å². The number of sulfonamides is 1. The second kappa shape index (κ2) is 8.67. The maximum atomic E-state index is 13.0. The van der Waals surface area contributed by atoms with E-state index in [0.717, 1.165) is 18.4 Å². The van der Waals surface area contributed by atoms with Gasteiger partial charge < -0.3 is 0 Å². The van der Waals surface area contributed by atoms with E-state index in [4.69, 9.17) is 5.73 Å². The number of benzene rings is 1. The Morgan fingerprint density at radius 2 is 1.80 bits per heavy atom. The Bertz CT molecular complexity index is 903. The summed E-state index contributed by atoms with van der Waals surface area (Å²) < 4.78 is 27.5. The minimum atomic E-state index is -3.48. The molecule has 0 aliphatic carbocycles. The number of guanidine groups is 1. The number of amides is 1. The Hall–Kier alpha value is -1.93. The van der Waals surface area contributed by atoms with Gasteiger partial charge in [0.05, 0.1) is 11.4 Å². The zero-order valence-electron chi connectivity index (χ0n) is 18.5. The molecule has 3 N–H and O–H groups in total. The third-order valence-electron chi connectivity index (χ3n) is 6.21. The molecule has 1 aromatic carbocycles. The Morgan fingerprint density at radius 3 is 2.33 bits per heavy atom. The van der Waals surface area contributed by atoms with E-state index in [-0.39, 0.29) is 11.8 Å². The Morgan fingerprint density at radius 1 is 1.20 bits per heavy atom. The Labute approximate surface area is 180 Å². The number of carbonyl (C=O) groups excluding carboxylic acids is 1. The van der Waals surface area contributed by atoms with Gasteiger partial charge in [-0.1, -0.05) is 32.9 Å². The fraction of sp³-hybridized carbons (Fsp3) is 0.636. The molecular weight excluding hydrogens is 400 g/mol. The molecule has 0 saturated carbocycles. The van der Waals surface area contributed by atoms with Crippen molar-refractivity contribution >= 4 is 21.9 Å². The van der Waals surface area contributed by atoms with Crippen molar-refractivity contribution < 1.29 is 18.2 Å². The molecule has 166 valence electrons. The number of hydrogen-bond acceptors (Lipinski definition) is 4. The number of nitrogens with two attached hydrogens (primary N) is 1. The van der Waals surface area contributed by atoms with E-state index in [9.17, 15) is 13.2 Å². The van der Waals surface area contributed by atoms with Crippen molar-refractivity contribution in [3.8, 4) is 0 Å². The molecule has 0 radical (unpaired) electrons. The lowest BCUT2D eigenvalue weighted by Gasteiger charge is -2.32. The number of carbonyl (C=O) groups is 1. The van der Waals surface area contributed by atoms with Crippen LogP contribution < -0.4 is 10.7 Å². The predicted octanol–water partition coefficient (Wildman–Crippen LogP) is 0.692. The molecule has 1 unspecified atom stereocenters. The van der Waals surface area contributed by atoms with Crippen LogP contribution >= 0.6 is 0 Å². The number of nitrogens with zero attached hydrogens (tertiary/aromatic N) is 2. The largest absolute Gasteiger partial charge is 0.351 e. The minimum Gasteiger partial charge on any atom is -0.290 e. The zero-order valence-corrected chi connectivity index (χ0v) is 19.3. The second-order valence-corrected chi connectivity index (χ2v) is 11.1. The molecule has 1 fully saturated rings. The SMILES string of the molecule is CCc1ccc(S(=O)(=O)N2CCC(CN3C(=O)C(C)(CC(C)C)[NH+]=C3N)CC2)cc1. The first-order valence-electron chi connectivity index (χ1n) is 10.9. The van der Waals surface area contributed by atoms with Gasteiger partial charge >= 0.3 is 11.9 Å². The summed E-state index contributed by atoms with van der Waals surface area (Å²) in [6.07, 6.45) is 3.02. The highest BCUT2D eigenvalue weighted by Gasteiger charge is 2.49. The number of piperidine rings is 1. The first-order chi connectivity index (χ1) is 14.1. The first-order valence-corrected chi connectivity index (χ1v) is 12.3. The van der Waals surface area contributed by atoms with Gasteiger partial charge in [-0.15, -0.1) is 0 Å². The molecule has 1 amide bonds. The van der Waals surface area contributed by atoms with Crippen molar-refractivity contribution in [1.29, 1.82) is 0 Å². The summed E-state index contributed by atoms with van der Waals surface area (Å²) in [6, 6.07) is 7.14. The van der Waals surface area contributed by atoms with Gasteiger partial charge in [0.15, 0.2) is 5.54 Å². The number of rotatable bonds is 7. The van der Waals surface area contributed by atoms with Crippen molar-refractivity contribution in [2.75, 3.05) is 19.6 Å². The predicted molar refractivity (Wildman–Crippen MR) is 117 cm³/mol. The van der Waals surface area contributed by atoms with Gasteiger partial charge in [0, 0.05) is 13.1 Å². The monoisotopic (exact) mass is 435 g/mol. The average Bonchev–Trinajstić information content (AvgIpc) is 2.90. The highest BCUT2D eigenvalue weighted by Crippen LogP contribution is 2.26. The number of hydrogen-bond donors (Lipinski definition) is 2. The van der Waals surface area contributed by atoms with Crippen LogP contribution in [0.2, 0.25) is 0 Å². The lowest BCUT2D eigenvalue weighted by Crippen LogP contribution is -2.86. The molecule has 3 rings (SSSR count). The van der Waals surface area contributed by atoms with Crippen LogP contribution in [0, 0.1) is 11.8 Å². The van der Waals surface area contributed by atoms with Crippen molar-refractivity contribution in [2.24, 2.45) is 17.6 Å². The van der Waals surface area contributed by atoms with Gasteiger partial charge in [0.2, 0.25) is 10.0 Å².